The normalized spacial score (nSPS) is 30.1. The zero-order chi connectivity index (χ0) is 13.8. The van der Waals surface area contributed by atoms with Gasteiger partial charge in [-0.1, -0.05) is 32.1 Å². The monoisotopic (exact) mass is 281 g/mol. The first kappa shape index (κ1) is 12.8. The summed E-state index contributed by atoms with van der Waals surface area (Å²) in [4.78, 5) is 13.3. The van der Waals surface area contributed by atoms with E-state index in [1.807, 2.05) is 0 Å². The minimum absolute atomic E-state index is 0.0252. The summed E-state index contributed by atoms with van der Waals surface area (Å²) in [7, 11) is 0. The quantitative estimate of drug-likeness (QED) is 0.898. The molecule has 1 aromatic heterocycles. The first-order chi connectivity index (χ1) is 8.88. The van der Waals surface area contributed by atoms with Crippen molar-refractivity contribution >= 4 is 22.4 Å². The van der Waals surface area contributed by atoms with Gasteiger partial charge in [-0.3, -0.25) is 4.79 Å². The molecule has 0 unspecified atom stereocenters. The average Bonchev–Trinajstić information content (AvgIpc) is 2.80. The molecule has 0 spiro atoms. The third-order valence-electron chi connectivity index (χ3n) is 4.11. The molecule has 0 amide bonds. The van der Waals surface area contributed by atoms with E-state index in [0.717, 1.165) is 29.6 Å². The summed E-state index contributed by atoms with van der Waals surface area (Å²) in [6.07, 6.45) is 0.964. The lowest BCUT2D eigenvalue weighted by Gasteiger charge is -2.24. The van der Waals surface area contributed by atoms with Gasteiger partial charge < -0.3 is 10.0 Å². The summed E-state index contributed by atoms with van der Waals surface area (Å²) in [6, 6.07) is 0. The molecule has 2 aliphatic rings. The van der Waals surface area contributed by atoms with E-state index in [2.05, 4.69) is 35.9 Å². The number of anilines is 1. The Hall–Kier alpha value is -1.17. The number of rotatable bonds is 2. The molecule has 3 atom stereocenters. The number of carboxylic acids is 1. The Bertz CT molecular complexity index is 508. The van der Waals surface area contributed by atoms with Gasteiger partial charge in [-0.2, -0.15) is 0 Å². The Morgan fingerprint density at radius 1 is 1.37 bits per heavy atom. The Morgan fingerprint density at radius 3 is 2.68 bits per heavy atom. The number of fused-ring (bicyclic) bond motifs is 1. The molecular weight excluding hydrogens is 262 g/mol. The predicted molar refractivity (Wildman–Crippen MR) is 73.5 cm³/mol. The lowest BCUT2D eigenvalue weighted by atomic mass is 9.98. The molecule has 3 rings (SSSR count). The fraction of sp³-hybridized carbons (Fsp3) is 0.769. The van der Waals surface area contributed by atoms with E-state index in [9.17, 15) is 4.79 Å². The van der Waals surface area contributed by atoms with Crippen LogP contribution in [-0.4, -0.2) is 34.4 Å². The number of aromatic nitrogens is 2. The highest BCUT2D eigenvalue weighted by Gasteiger charge is 2.57. The number of aliphatic carboxylic acids is 1. The zero-order valence-electron chi connectivity index (χ0n) is 11.5. The molecule has 1 aliphatic heterocycles. The van der Waals surface area contributed by atoms with Gasteiger partial charge in [0.15, 0.2) is 0 Å². The highest BCUT2D eigenvalue weighted by molar-refractivity contribution is 7.15. The van der Waals surface area contributed by atoms with Crippen LogP contribution in [0.25, 0.3) is 0 Å². The molecule has 1 aliphatic carbocycles. The lowest BCUT2D eigenvalue weighted by Crippen LogP contribution is -2.31. The maximum Gasteiger partial charge on any atom is 0.307 e. The van der Waals surface area contributed by atoms with Gasteiger partial charge in [0.05, 0.1) is 5.92 Å². The van der Waals surface area contributed by atoms with E-state index in [0.29, 0.717) is 11.8 Å². The summed E-state index contributed by atoms with van der Waals surface area (Å²) in [5.74, 6) is -0.0542. The van der Waals surface area contributed by atoms with Gasteiger partial charge in [0.2, 0.25) is 5.13 Å². The molecule has 0 bridgehead atoms. The highest BCUT2D eigenvalue weighted by atomic mass is 32.1. The first-order valence-electron chi connectivity index (χ1n) is 6.69. The lowest BCUT2D eigenvalue weighted by molar-refractivity contribution is -0.139. The van der Waals surface area contributed by atoms with Crippen molar-refractivity contribution in [3.05, 3.63) is 5.01 Å². The fourth-order valence-electron chi connectivity index (χ4n) is 2.92. The smallest absolute Gasteiger partial charge is 0.307 e. The standard InChI is InChI=1S/C13H19N3O2S/c1-13(2,3)11-14-15-12(19-11)16-5-4-7-8(6-16)9(7)10(17)18/h7-9H,4-6H2,1-3H3,(H,17,18)/t7-,8+,9-/m0/s1. The molecule has 2 fully saturated rings. The van der Waals surface area contributed by atoms with Crippen LogP contribution < -0.4 is 4.90 Å². The minimum Gasteiger partial charge on any atom is -0.481 e. The third-order valence-corrected chi connectivity index (χ3v) is 5.52. The van der Waals surface area contributed by atoms with Crippen LogP contribution in [0.1, 0.15) is 32.2 Å². The van der Waals surface area contributed by atoms with Gasteiger partial charge in [0.25, 0.3) is 0 Å². The summed E-state index contributed by atoms with van der Waals surface area (Å²) in [5, 5.41) is 19.6. The maximum atomic E-state index is 11.1. The van der Waals surface area contributed by atoms with Crippen molar-refractivity contribution in [1.29, 1.82) is 0 Å². The Balaban J connectivity index is 1.71. The van der Waals surface area contributed by atoms with Crippen LogP contribution in [0.3, 0.4) is 0 Å². The van der Waals surface area contributed by atoms with Gasteiger partial charge in [0.1, 0.15) is 5.01 Å². The van der Waals surface area contributed by atoms with Crippen LogP contribution >= 0.6 is 11.3 Å². The van der Waals surface area contributed by atoms with E-state index in [4.69, 9.17) is 5.11 Å². The number of hydrogen-bond acceptors (Lipinski definition) is 5. The molecule has 1 N–H and O–H groups in total. The molecule has 2 heterocycles. The average molecular weight is 281 g/mol. The molecule has 19 heavy (non-hydrogen) atoms. The number of hydrogen-bond donors (Lipinski definition) is 1. The summed E-state index contributed by atoms with van der Waals surface area (Å²) in [6.45, 7) is 8.12. The van der Waals surface area contributed by atoms with Crippen LogP contribution in [0.15, 0.2) is 0 Å². The zero-order valence-corrected chi connectivity index (χ0v) is 12.3. The highest BCUT2D eigenvalue weighted by Crippen LogP contribution is 2.52. The van der Waals surface area contributed by atoms with Gasteiger partial charge in [-0.15, -0.1) is 10.2 Å². The summed E-state index contributed by atoms with van der Waals surface area (Å²) >= 11 is 1.63. The molecular formula is C13H19N3O2S. The Morgan fingerprint density at radius 2 is 2.11 bits per heavy atom. The van der Waals surface area contributed by atoms with Gasteiger partial charge in [-0.05, 0) is 18.3 Å². The number of piperidine rings is 1. The number of nitrogens with zero attached hydrogens (tertiary/aromatic N) is 3. The van der Waals surface area contributed by atoms with Crippen molar-refractivity contribution in [3.8, 4) is 0 Å². The van der Waals surface area contributed by atoms with Gasteiger partial charge in [0, 0.05) is 18.5 Å². The van der Waals surface area contributed by atoms with Crippen molar-refractivity contribution in [3.63, 3.8) is 0 Å². The summed E-state index contributed by atoms with van der Waals surface area (Å²) < 4.78 is 0. The van der Waals surface area contributed by atoms with Crippen LogP contribution in [0.5, 0.6) is 0 Å². The fourth-order valence-corrected chi connectivity index (χ4v) is 3.86. The summed E-state index contributed by atoms with van der Waals surface area (Å²) in [5.41, 5.74) is 0.0252. The molecule has 1 saturated heterocycles. The second-order valence-corrected chi connectivity index (χ2v) is 7.52. The molecule has 6 heteroatoms. The third kappa shape index (κ3) is 2.22. The Labute approximate surface area is 116 Å². The number of carbonyl (C=O) groups is 1. The van der Waals surface area contributed by atoms with E-state index in [1.165, 1.54) is 0 Å². The van der Waals surface area contributed by atoms with Crippen LogP contribution in [0, 0.1) is 17.8 Å². The predicted octanol–water partition coefficient (Wildman–Crippen LogP) is 1.99. The molecule has 1 aromatic rings. The first-order valence-corrected chi connectivity index (χ1v) is 7.51. The molecule has 5 nitrogen and oxygen atoms in total. The van der Waals surface area contributed by atoms with Crippen molar-refractivity contribution in [2.24, 2.45) is 17.8 Å². The van der Waals surface area contributed by atoms with Crippen molar-refractivity contribution in [2.45, 2.75) is 32.6 Å². The number of carboxylic acid groups (broad SMARTS) is 1. The van der Waals surface area contributed by atoms with Crippen molar-refractivity contribution in [1.82, 2.24) is 10.2 Å². The van der Waals surface area contributed by atoms with Crippen LogP contribution in [0.2, 0.25) is 0 Å². The molecule has 1 saturated carbocycles. The van der Waals surface area contributed by atoms with E-state index < -0.39 is 5.97 Å². The van der Waals surface area contributed by atoms with Crippen LogP contribution in [0.4, 0.5) is 5.13 Å². The van der Waals surface area contributed by atoms with Crippen LogP contribution in [-0.2, 0) is 10.2 Å². The topological polar surface area (TPSA) is 66.3 Å². The second-order valence-electron chi connectivity index (χ2n) is 6.57. The molecule has 0 radical (unpaired) electrons. The molecule has 0 aromatic carbocycles. The van der Waals surface area contributed by atoms with E-state index in [1.54, 1.807) is 11.3 Å². The van der Waals surface area contributed by atoms with E-state index in [-0.39, 0.29) is 11.3 Å². The van der Waals surface area contributed by atoms with E-state index >= 15 is 0 Å². The Kier molecular flexibility index (Phi) is 2.81. The van der Waals surface area contributed by atoms with Gasteiger partial charge >= 0.3 is 5.97 Å². The SMILES string of the molecule is CC(C)(C)c1nnc(N2CC[C@H]3[C@@H](C2)[C@H]3C(=O)O)s1. The molecule has 104 valence electrons. The van der Waals surface area contributed by atoms with Gasteiger partial charge in [-0.25, -0.2) is 0 Å². The van der Waals surface area contributed by atoms with Crippen molar-refractivity contribution < 1.29 is 9.90 Å². The second kappa shape index (κ2) is 4.16. The van der Waals surface area contributed by atoms with Crippen molar-refractivity contribution in [2.75, 3.05) is 18.0 Å². The largest absolute Gasteiger partial charge is 0.481 e. The minimum atomic E-state index is -0.635. The maximum absolute atomic E-state index is 11.1.